The molecule has 0 N–H and O–H groups in total. The van der Waals surface area contributed by atoms with Crippen LogP contribution in [-0.4, -0.2) is 19.3 Å². The second-order valence-corrected chi connectivity index (χ2v) is 4.62. The Balaban J connectivity index is 2.49. The van der Waals surface area contributed by atoms with Crippen LogP contribution in [0.25, 0.3) is 11.1 Å². The number of hydrogen-bond acceptors (Lipinski definition) is 2. The number of benzene rings is 2. The molecule has 0 spiro atoms. The Bertz CT molecular complexity index is 695. The Hall–Kier alpha value is -2.44. The van der Waals surface area contributed by atoms with E-state index in [1.165, 1.54) is 30.3 Å². The summed E-state index contributed by atoms with van der Waals surface area (Å²) in [6, 6.07) is 8.55. The Morgan fingerprint density at radius 3 is 2.39 bits per heavy atom. The van der Waals surface area contributed by atoms with Gasteiger partial charge in [0.2, 0.25) is 0 Å². The molecule has 0 heterocycles. The van der Waals surface area contributed by atoms with E-state index in [4.69, 9.17) is 4.74 Å². The lowest BCUT2D eigenvalue weighted by Crippen LogP contribution is -2.09. The van der Waals surface area contributed by atoms with Crippen molar-refractivity contribution in [3.63, 3.8) is 0 Å². The molecule has 2 rings (SSSR count). The molecule has 122 valence electrons. The van der Waals surface area contributed by atoms with Crippen molar-refractivity contribution in [3.8, 4) is 16.9 Å². The summed E-state index contributed by atoms with van der Waals surface area (Å²) in [5, 5.41) is 0. The van der Waals surface area contributed by atoms with Crippen LogP contribution in [0.2, 0.25) is 0 Å². The van der Waals surface area contributed by atoms with Crippen molar-refractivity contribution in [2.24, 2.45) is 0 Å². The van der Waals surface area contributed by atoms with Crippen LogP contribution in [-0.2, 0) is 6.18 Å². The number of halogens is 5. The minimum absolute atomic E-state index is 0.0149. The highest BCUT2D eigenvalue weighted by atomic mass is 19.4. The third kappa shape index (κ3) is 4.06. The van der Waals surface area contributed by atoms with Gasteiger partial charge >= 0.3 is 6.18 Å². The van der Waals surface area contributed by atoms with Gasteiger partial charge in [0, 0.05) is 0 Å². The summed E-state index contributed by atoms with van der Waals surface area (Å²) in [5.74, 6) is -0.185. The van der Waals surface area contributed by atoms with Gasteiger partial charge in [-0.15, -0.1) is 0 Å². The Morgan fingerprint density at radius 1 is 1.09 bits per heavy atom. The maximum Gasteiger partial charge on any atom is 0.417 e. The summed E-state index contributed by atoms with van der Waals surface area (Å²) < 4.78 is 68.4. The van der Waals surface area contributed by atoms with Crippen LogP contribution >= 0.6 is 0 Å². The predicted octanol–water partition coefficient (Wildman–Crippen LogP) is 4.83. The third-order valence-corrected chi connectivity index (χ3v) is 3.05. The highest BCUT2D eigenvalue weighted by molar-refractivity contribution is 5.82. The molecule has 0 fully saturated rings. The number of carbonyl (C=O) groups is 1. The topological polar surface area (TPSA) is 26.3 Å². The molecule has 0 atom stereocenters. The van der Waals surface area contributed by atoms with Gasteiger partial charge in [-0.25, -0.2) is 8.78 Å². The summed E-state index contributed by atoms with van der Waals surface area (Å²) in [4.78, 5) is 10.9. The first-order valence-electron chi connectivity index (χ1n) is 6.49. The summed E-state index contributed by atoms with van der Waals surface area (Å²) in [6.07, 6.45) is -6.94. The quantitative estimate of drug-likeness (QED) is 0.580. The molecule has 0 radical (unpaired) electrons. The summed E-state index contributed by atoms with van der Waals surface area (Å²) in [7, 11) is 0. The molecule has 0 amide bonds. The Labute approximate surface area is 128 Å². The van der Waals surface area contributed by atoms with E-state index in [-0.39, 0.29) is 22.4 Å². The minimum Gasteiger partial charge on any atom is -0.487 e. The van der Waals surface area contributed by atoms with Crippen molar-refractivity contribution >= 4 is 6.29 Å². The van der Waals surface area contributed by atoms with Crippen LogP contribution in [0, 0.1) is 0 Å². The second kappa shape index (κ2) is 6.76. The monoisotopic (exact) mass is 330 g/mol. The first-order valence-corrected chi connectivity index (χ1v) is 6.49. The zero-order valence-corrected chi connectivity index (χ0v) is 11.6. The zero-order valence-electron chi connectivity index (χ0n) is 11.6. The van der Waals surface area contributed by atoms with E-state index in [2.05, 4.69) is 0 Å². The van der Waals surface area contributed by atoms with Crippen molar-refractivity contribution in [1.82, 2.24) is 0 Å². The number of hydrogen-bond donors (Lipinski definition) is 0. The number of rotatable bonds is 5. The molecule has 0 aromatic heterocycles. The van der Waals surface area contributed by atoms with Gasteiger partial charge in [0.1, 0.15) is 12.4 Å². The van der Waals surface area contributed by atoms with E-state index in [1.54, 1.807) is 0 Å². The van der Waals surface area contributed by atoms with Gasteiger partial charge in [-0.2, -0.15) is 13.2 Å². The molecule has 0 aliphatic heterocycles. The fraction of sp³-hybridized carbons (Fsp3) is 0.188. The Kier molecular flexibility index (Phi) is 4.98. The molecule has 0 saturated carbocycles. The molecule has 2 aromatic rings. The normalized spacial score (nSPS) is 11.6. The fourth-order valence-electron chi connectivity index (χ4n) is 2.06. The van der Waals surface area contributed by atoms with Crippen molar-refractivity contribution in [1.29, 1.82) is 0 Å². The van der Waals surface area contributed by atoms with Crippen LogP contribution in [0.1, 0.15) is 15.9 Å². The SMILES string of the molecule is O=Cc1ccc(-c2ccccc2C(F)(F)F)cc1OCC(F)F. The van der Waals surface area contributed by atoms with Gasteiger partial charge in [0.15, 0.2) is 6.29 Å². The van der Waals surface area contributed by atoms with Crippen molar-refractivity contribution in [2.45, 2.75) is 12.6 Å². The number of alkyl halides is 5. The lowest BCUT2D eigenvalue weighted by molar-refractivity contribution is -0.137. The van der Waals surface area contributed by atoms with E-state index in [0.29, 0.717) is 6.29 Å². The molecular weight excluding hydrogens is 319 g/mol. The van der Waals surface area contributed by atoms with Crippen molar-refractivity contribution in [3.05, 3.63) is 53.6 Å². The molecular formula is C16H11F5O2. The molecule has 0 aliphatic rings. The third-order valence-electron chi connectivity index (χ3n) is 3.05. The molecule has 0 saturated heterocycles. The van der Waals surface area contributed by atoms with E-state index >= 15 is 0 Å². The number of aldehydes is 1. The predicted molar refractivity (Wildman–Crippen MR) is 73.8 cm³/mol. The summed E-state index contributed by atoms with van der Waals surface area (Å²) in [5.41, 5.74) is -0.885. The average molecular weight is 330 g/mol. The zero-order chi connectivity index (χ0) is 17.0. The van der Waals surface area contributed by atoms with Crippen LogP contribution in [0.15, 0.2) is 42.5 Å². The number of ether oxygens (including phenoxy) is 1. The minimum atomic E-state index is -4.57. The lowest BCUT2D eigenvalue weighted by atomic mass is 9.98. The Morgan fingerprint density at radius 2 is 1.78 bits per heavy atom. The highest BCUT2D eigenvalue weighted by Crippen LogP contribution is 2.38. The van der Waals surface area contributed by atoms with Gasteiger partial charge in [0.25, 0.3) is 6.43 Å². The second-order valence-electron chi connectivity index (χ2n) is 4.62. The van der Waals surface area contributed by atoms with Crippen LogP contribution in [0.3, 0.4) is 0 Å². The molecule has 23 heavy (non-hydrogen) atoms. The average Bonchev–Trinajstić information content (AvgIpc) is 2.51. The maximum atomic E-state index is 13.0. The molecule has 7 heteroatoms. The molecule has 0 aliphatic carbocycles. The first kappa shape index (κ1) is 16.9. The van der Waals surface area contributed by atoms with E-state index < -0.39 is 24.8 Å². The molecule has 0 bridgehead atoms. The van der Waals surface area contributed by atoms with Crippen LogP contribution in [0.5, 0.6) is 5.75 Å². The van der Waals surface area contributed by atoms with E-state index in [0.717, 1.165) is 12.1 Å². The van der Waals surface area contributed by atoms with Gasteiger partial charge in [-0.3, -0.25) is 4.79 Å². The van der Waals surface area contributed by atoms with Crippen molar-refractivity contribution in [2.75, 3.05) is 6.61 Å². The fourth-order valence-corrected chi connectivity index (χ4v) is 2.06. The van der Waals surface area contributed by atoms with Gasteiger partial charge < -0.3 is 4.74 Å². The van der Waals surface area contributed by atoms with E-state index in [9.17, 15) is 26.7 Å². The summed E-state index contributed by atoms with van der Waals surface area (Å²) >= 11 is 0. The van der Waals surface area contributed by atoms with Crippen molar-refractivity contribution < 1.29 is 31.5 Å². The standard InChI is InChI=1S/C16H11F5O2/c17-15(18)9-23-14-7-10(5-6-11(14)8-22)12-3-1-2-4-13(12)16(19,20)21/h1-8,15H,9H2. The van der Waals surface area contributed by atoms with E-state index in [1.807, 2.05) is 0 Å². The first-order chi connectivity index (χ1) is 10.8. The van der Waals surface area contributed by atoms with Crippen LogP contribution < -0.4 is 4.74 Å². The lowest BCUT2D eigenvalue weighted by Gasteiger charge is -2.14. The number of carbonyl (C=O) groups excluding carboxylic acids is 1. The molecule has 0 unspecified atom stereocenters. The van der Waals surface area contributed by atoms with Gasteiger partial charge in [0.05, 0.1) is 11.1 Å². The van der Waals surface area contributed by atoms with Crippen LogP contribution in [0.4, 0.5) is 22.0 Å². The highest BCUT2D eigenvalue weighted by Gasteiger charge is 2.33. The summed E-state index contributed by atoms with van der Waals surface area (Å²) in [6.45, 7) is -0.953. The smallest absolute Gasteiger partial charge is 0.417 e. The van der Waals surface area contributed by atoms with Gasteiger partial charge in [-0.1, -0.05) is 24.3 Å². The maximum absolute atomic E-state index is 13.0. The molecule has 2 aromatic carbocycles. The largest absolute Gasteiger partial charge is 0.487 e. The molecule has 2 nitrogen and oxygen atoms in total. The van der Waals surface area contributed by atoms with Gasteiger partial charge in [-0.05, 0) is 29.3 Å².